The number of methoxy groups -OCH3 is 1. The lowest BCUT2D eigenvalue weighted by atomic mass is 10.3. The maximum atomic E-state index is 10.8. The van der Waals surface area contributed by atoms with Crippen LogP contribution in [0.1, 0.15) is 5.69 Å². The van der Waals surface area contributed by atoms with Gasteiger partial charge in [0.2, 0.25) is 5.88 Å². The Kier molecular flexibility index (Phi) is 5.28. The minimum Gasteiger partial charge on any atom is -0.481 e. The van der Waals surface area contributed by atoms with Gasteiger partial charge in [-0.15, -0.1) is 0 Å². The highest BCUT2D eigenvalue weighted by Gasteiger charge is 1.97. The Labute approximate surface area is 92.5 Å². The number of ether oxygens (including phenoxy) is 1. The van der Waals surface area contributed by atoms with Crippen molar-refractivity contribution in [3.63, 3.8) is 0 Å². The van der Waals surface area contributed by atoms with Gasteiger partial charge in [-0.1, -0.05) is 6.07 Å². The molecule has 1 atom stereocenters. The Morgan fingerprint density at radius 1 is 1.53 bits per heavy atom. The minimum atomic E-state index is -0.737. The van der Waals surface area contributed by atoms with Gasteiger partial charge in [-0.2, -0.15) is 0 Å². The molecule has 0 bridgehead atoms. The molecule has 0 radical (unpaired) electrons. The third-order valence-electron chi connectivity index (χ3n) is 1.86. The standard InChI is InChI=1S/C10H16N2O2S/c1-14-10-5-3-4-9(12-10)8-11-6-7-15(2)13/h3-5,11H,6-8H2,1-2H3. The van der Waals surface area contributed by atoms with Crippen LogP contribution < -0.4 is 10.1 Å². The van der Waals surface area contributed by atoms with E-state index in [1.54, 1.807) is 13.4 Å². The second kappa shape index (κ2) is 6.53. The number of nitrogens with zero attached hydrogens (tertiary/aromatic N) is 1. The van der Waals surface area contributed by atoms with Gasteiger partial charge in [-0.25, -0.2) is 4.98 Å². The molecule has 0 saturated heterocycles. The van der Waals surface area contributed by atoms with Crippen LogP contribution in [0, 0.1) is 0 Å². The summed E-state index contributed by atoms with van der Waals surface area (Å²) in [5.74, 6) is 1.29. The van der Waals surface area contributed by atoms with E-state index in [1.807, 2.05) is 18.2 Å². The Balaban J connectivity index is 2.33. The van der Waals surface area contributed by atoms with E-state index in [0.717, 1.165) is 12.2 Å². The first-order valence-electron chi connectivity index (χ1n) is 4.73. The first-order valence-corrected chi connectivity index (χ1v) is 6.46. The van der Waals surface area contributed by atoms with Crippen molar-refractivity contribution >= 4 is 10.8 Å². The van der Waals surface area contributed by atoms with Crippen LogP contribution in [0.2, 0.25) is 0 Å². The zero-order valence-electron chi connectivity index (χ0n) is 9.03. The van der Waals surface area contributed by atoms with Crippen molar-refractivity contribution in [2.24, 2.45) is 0 Å². The van der Waals surface area contributed by atoms with Gasteiger partial charge in [-0.3, -0.25) is 4.21 Å². The summed E-state index contributed by atoms with van der Waals surface area (Å²) in [5, 5.41) is 3.17. The number of rotatable bonds is 6. The average Bonchev–Trinajstić information content (AvgIpc) is 2.24. The first kappa shape index (κ1) is 12.1. The highest BCUT2D eigenvalue weighted by molar-refractivity contribution is 7.84. The average molecular weight is 228 g/mol. The zero-order valence-corrected chi connectivity index (χ0v) is 9.84. The third-order valence-corrected chi connectivity index (χ3v) is 2.64. The van der Waals surface area contributed by atoms with Crippen molar-refractivity contribution in [2.75, 3.05) is 25.7 Å². The molecular weight excluding hydrogens is 212 g/mol. The second-order valence-corrected chi connectivity index (χ2v) is 4.68. The lowest BCUT2D eigenvalue weighted by molar-refractivity contribution is 0.395. The summed E-state index contributed by atoms with van der Waals surface area (Å²) in [6.07, 6.45) is 1.70. The van der Waals surface area contributed by atoms with Crippen molar-refractivity contribution in [3.8, 4) is 5.88 Å². The number of nitrogens with one attached hydrogen (secondary N) is 1. The molecule has 1 unspecified atom stereocenters. The minimum absolute atomic E-state index is 0.619. The Morgan fingerprint density at radius 2 is 2.33 bits per heavy atom. The molecule has 1 aromatic rings. The molecule has 15 heavy (non-hydrogen) atoms. The van der Waals surface area contributed by atoms with Gasteiger partial charge in [0.15, 0.2) is 0 Å². The van der Waals surface area contributed by atoms with Gasteiger partial charge < -0.3 is 10.1 Å². The molecule has 0 saturated carbocycles. The second-order valence-electron chi connectivity index (χ2n) is 3.13. The molecule has 0 aliphatic heterocycles. The van der Waals surface area contributed by atoms with Gasteiger partial charge in [-0.05, 0) is 6.07 Å². The van der Waals surface area contributed by atoms with Crippen LogP contribution in [0.5, 0.6) is 5.88 Å². The number of hydrogen-bond donors (Lipinski definition) is 1. The molecule has 0 spiro atoms. The van der Waals surface area contributed by atoms with Gasteiger partial charge in [0, 0.05) is 42.0 Å². The van der Waals surface area contributed by atoms with E-state index in [0.29, 0.717) is 18.2 Å². The zero-order chi connectivity index (χ0) is 11.1. The molecule has 1 heterocycles. The summed E-state index contributed by atoms with van der Waals surface area (Å²) in [4.78, 5) is 4.25. The van der Waals surface area contributed by atoms with Crippen molar-refractivity contribution in [3.05, 3.63) is 23.9 Å². The van der Waals surface area contributed by atoms with Gasteiger partial charge >= 0.3 is 0 Å². The third kappa shape index (κ3) is 4.90. The summed E-state index contributed by atoms with van der Waals surface area (Å²) in [6.45, 7) is 1.41. The lowest BCUT2D eigenvalue weighted by Crippen LogP contribution is -2.20. The van der Waals surface area contributed by atoms with Crippen molar-refractivity contribution in [2.45, 2.75) is 6.54 Å². The van der Waals surface area contributed by atoms with Crippen LogP contribution in [0.3, 0.4) is 0 Å². The highest BCUT2D eigenvalue weighted by atomic mass is 32.2. The first-order chi connectivity index (χ1) is 7.22. The molecule has 4 nitrogen and oxygen atoms in total. The van der Waals surface area contributed by atoms with Crippen LogP contribution in [-0.4, -0.2) is 34.9 Å². The largest absolute Gasteiger partial charge is 0.481 e. The molecule has 1 aromatic heterocycles. The van der Waals surface area contributed by atoms with Gasteiger partial charge in [0.25, 0.3) is 0 Å². The Bertz CT molecular complexity index is 331. The monoisotopic (exact) mass is 228 g/mol. The van der Waals surface area contributed by atoms with E-state index in [9.17, 15) is 4.21 Å². The van der Waals surface area contributed by atoms with Crippen molar-refractivity contribution in [1.82, 2.24) is 10.3 Å². The van der Waals surface area contributed by atoms with Gasteiger partial charge in [0.05, 0.1) is 12.8 Å². The molecule has 0 aromatic carbocycles. The summed E-state index contributed by atoms with van der Waals surface area (Å²) in [7, 11) is 0.860. The van der Waals surface area contributed by atoms with E-state index < -0.39 is 10.8 Å². The van der Waals surface area contributed by atoms with Crippen LogP contribution in [0.15, 0.2) is 18.2 Å². The lowest BCUT2D eigenvalue weighted by Gasteiger charge is -2.04. The number of pyridine rings is 1. The highest BCUT2D eigenvalue weighted by Crippen LogP contribution is 2.05. The molecule has 1 N–H and O–H groups in total. The molecule has 0 aliphatic rings. The fourth-order valence-corrected chi connectivity index (χ4v) is 1.53. The fraction of sp³-hybridized carbons (Fsp3) is 0.500. The molecule has 84 valence electrons. The molecule has 1 rings (SSSR count). The van der Waals surface area contributed by atoms with Crippen molar-refractivity contribution in [1.29, 1.82) is 0 Å². The molecule has 5 heteroatoms. The van der Waals surface area contributed by atoms with Crippen LogP contribution in [0.4, 0.5) is 0 Å². The maximum Gasteiger partial charge on any atom is 0.213 e. The molecule has 0 fully saturated rings. The van der Waals surface area contributed by atoms with Crippen molar-refractivity contribution < 1.29 is 8.95 Å². The fourth-order valence-electron chi connectivity index (χ4n) is 1.10. The van der Waals surface area contributed by atoms with E-state index in [2.05, 4.69) is 10.3 Å². The van der Waals surface area contributed by atoms with E-state index >= 15 is 0 Å². The smallest absolute Gasteiger partial charge is 0.213 e. The summed E-state index contributed by atoms with van der Waals surface area (Å²) >= 11 is 0. The summed E-state index contributed by atoms with van der Waals surface area (Å²) in [5.41, 5.74) is 0.927. The Morgan fingerprint density at radius 3 is 3.00 bits per heavy atom. The van der Waals surface area contributed by atoms with Gasteiger partial charge in [0.1, 0.15) is 0 Å². The van der Waals surface area contributed by atoms with E-state index in [4.69, 9.17) is 4.74 Å². The van der Waals surface area contributed by atoms with E-state index in [1.165, 1.54) is 0 Å². The molecule has 0 aliphatic carbocycles. The molecule has 0 amide bonds. The maximum absolute atomic E-state index is 10.8. The predicted octanol–water partition coefficient (Wildman–Crippen LogP) is 0.558. The quantitative estimate of drug-likeness (QED) is 0.723. The van der Waals surface area contributed by atoms with Crippen LogP contribution in [0.25, 0.3) is 0 Å². The normalized spacial score (nSPS) is 12.4. The summed E-state index contributed by atoms with van der Waals surface area (Å²) < 4.78 is 15.8. The van der Waals surface area contributed by atoms with Crippen LogP contribution >= 0.6 is 0 Å². The topological polar surface area (TPSA) is 51.2 Å². The van der Waals surface area contributed by atoms with E-state index in [-0.39, 0.29) is 0 Å². The summed E-state index contributed by atoms with van der Waals surface area (Å²) in [6, 6.07) is 5.64. The predicted molar refractivity (Wildman–Crippen MR) is 61.4 cm³/mol. The SMILES string of the molecule is COc1cccc(CNCCS(C)=O)n1. The molecular formula is C10H16N2O2S. The Hall–Kier alpha value is -0.940. The van der Waals surface area contributed by atoms with Crippen LogP contribution in [-0.2, 0) is 17.3 Å². The number of hydrogen-bond acceptors (Lipinski definition) is 4. The number of aromatic nitrogens is 1.